The second-order valence-corrected chi connectivity index (χ2v) is 5.16. The van der Waals surface area contributed by atoms with Gasteiger partial charge in [-0.1, -0.05) is 30.3 Å². The molecule has 0 bridgehead atoms. The Morgan fingerprint density at radius 1 is 1.29 bits per heavy atom. The average Bonchev–Trinajstić information content (AvgIpc) is 3.16. The van der Waals surface area contributed by atoms with Crippen molar-refractivity contribution in [2.24, 2.45) is 0 Å². The van der Waals surface area contributed by atoms with Gasteiger partial charge in [0.05, 0.1) is 18.3 Å². The number of carbonyl (C=O) groups is 1. The lowest BCUT2D eigenvalue weighted by atomic mass is 10.2. The molecule has 0 aliphatic rings. The van der Waals surface area contributed by atoms with E-state index in [4.69, 9.17) is 4.42 Å². The van der Waals surface area contributed by atoms with Crippen molar-refractivity contribution in [2.75, 3.05) is 5.32 Å². The predicted molar refractivity (Wildman–Crippen MR) is 85.8 cm³/mol. The highest BCUT2D eigenvalue weighted by atomic mass is 16.6. The molecule has 3 aromatic rings. The summed E-state index contributed by atoms with van der Waals surface area (Å²) in [4.78, 5) is 22.1. The first-order chi connectivity index (χ1) is 11.5. The highest BCUT2D eigenvalue weighted by molar-refractivity contribution is 6.01. The second kappa shape index (κ2) is 6.37. The highest BCUT2D eigenvalue weighted by Crippen LogP contribution is 2.18. The van der Waals surface area contributed by atoms with E-state index in [1.807, 2.05) is 37.3 Å². The Bertz CT molecular complexity index is 883. The smallest absolute Gasteiger partial charge is 0.395 e. The number of nitrogens with zero attached hydrogens (tertiary/aromatic N) is 3. The second-order valence-electron chi connectivity index (χ2n) is 5.16. The Morgan fingerprint density at radius 2 is 2.04 bits per heavy atom. The molecule has 0 radical (unpaired) electrons. The van der Waals surface area contributed by atoms with Gasteiger partial charge in [-0.3, -0.25) is 14.9 Å². The largest absolute Gasteiger partial charge is 0.433 e. The summed E-state index contributed by atoms with van der Waals surface area (Å²) in [6.07, 6.45) is 0. The summed E-state index contributed by atoms with van der Waals surface area (Å²) in [7, 11) is 0. The summed E-state index contributed by atoms with van der Waals surface area (Å²) in [5.74, 6) is -0.696. The molecule has 0 aliphatic carbocycles. The van der Waals surface area contributed by atoms with Gasteiger partial charge in [-0.2, -0.15) is 5.10 Å². The molecule has 0 unspecified atom stereocenters. The van der Waals surface area contributed by atoms with Gasteiger partial charge in [-0.25, -0.2) is 4.68 Å². The number of hydrogen-bond acceptors (Lipinski definition) is 5. The fourth-order valence-corrected chi connectivity index (χ4v) is 2.25. The summed E-state index contributed by atoms with van der Waals surface area (Å²) in [6.45, 7) is 2.30. The molecule has 0 atom stereocenters. The van der Waals surface area contributed by atoms with Gasteiger partial charge in [-0.05, 0) is 18.6 Å². The minimum Gasteiger partial charge on any atom is -0.395 e. The zero-order valence-corrected chi connectivity index (χ0v) is 12.8. The van der Waals surface area contributed by atoms with Gasteiger partial charge in [0.2, 0.25) is 0 Å². The maximum absolute atomic E-state index is 12.2. The standard InChI is InChI=1S/C16H14N4O4/c1-11-9-14(19(18-11)10-12-5-3-2-4-6-12)17-16(21)13-7-8-15(24-13)20(22)23/h2-9H,10H2,1H3,(H,17,21). The van der Waals surface area contributed by atoms with E-state index in [9.17, 15) is 14.9 Å². The molecule has 0 spiro atoms. The molecule has 1 amide bonds. The van der Waals surface area contributed by atoms with Crippen LogP contribution in [0.2, 0.25) is 0 Å². The monoisotopic (exact) mass is 326 g/mol. The molecule has 122 valence electrons. The number of benzene rings is 1. The first-order valence-corrected chi connectivity index (χ1v) is 7.17. The number of rotatable bonds is 5. The van der Waals surface area contributed by atoms with Gasteiger partial charge in [0, 0.05) is 6.07 Å². The summed E-state index contributed by atoms with van der Waals surface area (Å²) in [5.41, 5.74) is 1.77. The van der Waals surface area contributed by atoms with E-state index < -0.39 is 16.7 Å². The van der Waals surface area contributed by atoms with Gasteiger partial charge in [0.25, 0.3) is 5.91 Å². The normalized spacial score (nSPS) is 10.5. The van der Waals surface area contributed by atoms with Crippen LogP contribution in [0.1, 0.15) is 21.8 Å². The van der Waals surface area contributed by atoms with Gasteiger partial charge < -0.3 is 9.73 Å². The minimum atomic E-state index is -0.694. The van der Waals surface area contributed by atoms with Crippen LogP contribution in [0.5, 0.6) is 0 Å². The van der Waals surface area contributed by atoms with Crippen molar-refractivity contribution < 1.29 is 14.1 Å². The van der Waals surface area contributed by atoms with Crippen molar-refractivity contribution in [1.82, 2.24) is 9.78 Å². The minimum absolute atomic E-state index is 0.133. The maximum Gasteiger partial charge on any atom is 0.433 e. The van der Waals surface area contributed by atoms with Crippen molar-refractivity contribution in [3.05, 3.63) is 75.7 Å². The number of aryl methyl sites for hydroxylation is 1. The van der Waals surface area contributed by atoms with Crippen LogP contribution in [0.3, 0.4) is 0 Å². The molecule has 8 nitrogen and oxygen atoms in total. The molecule has 2 aromatic heterocycles. The van der Waals surface area contributed by atoms with Crippen molar-refractivity contribution in [2.45, 2.75) is 13.5 Å². The summed E-state index contributed by atoms with van der Waals surface area (Å²) < 4.78 is 6.56. The first kappa shape index (κ1) is 15.5. The molecule has 3 rings (SSSR count). The van der Waals surface area contributed by atoms with Gasteiger partial charge in [0.1, 0.15) is 10.7 Å². The van der Waals surface area contributed by atoms with E-state index in [1.54, 1.807) is 10.7 Å². The van der Waals surface area contributed by atoms with E-state index in [-0.39, 0.29) is 5.76 Å². The molecular weight excluding hydrogens is 312 g/mol. The van der Waals surface area contributed by atoms with Crippen LogP contribution < -0.4 is 5.32 Å². The third-order valence-corrected chi connectivity index (χ3v) is 3.31. The average molecular weight is 326 g/mol. The van der Waals surface area contributed by atoms with Crippen LogP contribution in [0.25, 0.3) is 0 Å². The Balaban J connectivity index is 1.79. The summed E-state index contributed by atoms with van der Waals surface area (Å²) in [5, 5.41) is 17.6. The third kappa shape index (κ3) is 3.32. The SMILES string of the molecule is Cc1cc(NC(=O)c2ccc([N+](=O)[O-])o2)n(Cc2ccccc2)n1. The quantitative estimate of drug-likeness (QED) is 0.573. The molecule has 2 heterocycles. The fraction of sp³-hybridized carbons (Fsp3) is 0.125. The zero-order valence-electron chi connectivity index (χ0n) is 12.8. The Labute approximate surface area is 136 Å². The number of anilines is 1. The molecule has 0 saturated carbocycles. The van der Waals surface area contributed by atoms with Crippen molar-refractivity contribution in [3.63, 3.8) is 0 Å². The van der Waals surface area contributed by atoms with Crippen LogP contribution in [0.15, 0.2) is 52.9 Å². The lowest BCUT2D eigenvalue weighted by Crippen LogP contribution is -2.15. The van der Waals surface area contributed by atoms with Gasteiger partial charge >= 0.3 is 5.88 Å². The predicted octanol–water partition coefficient (Wildman–Crippen LogP) is 2.99. The zero-order chi connectivity index (χ0) is 17.1. The number of hydrogen-bond donors (Lipinski definition) is 1. The van der Waals surface area contributed by atoms with Crippen LogP contribution in [-0.4, -0.2) is 20.6 Å². The van der Waals surface area contributed by atoms with Crippen molar-refractivity contribution >= 4 is 17.6 Å². The summed E-state index contributed by atoms with van der Waals surface area (Å²) in [6, 6.07) is 13.8. The molecule has 24 heavy (non-hydrogen) atoms. The Morgan fingerprint density at radius 3 is 2.71 bits per heavy atom. The van der Waals surface area contributed by atoms with Crippen LogP contribution in [0, 0.1) is 17.0 Å². The molecular formula is C16H14N4O4. The number of furan rings is 1. The molecule has 0 fully saturated rings. The van der Waals surface area contributed by atoms with E-state index in [1.165, 1.54) is 6.07 Å². The third-order valence-electron chi connectivity index (χ3n) is 3.31. The van der Waals surface area contributed by atoms with E-state index in [0.717, 1.165) is 17.3 Å². The number of carbonyl (C=O) groups excluding carboxylic acids is 1. The van der Waals surface area contributed by atoms with Gasteiger partial charge in [0.15, 0.2) is 5.76 Å². The van der Waals surface area contributed by atoms with E-state index in [2.05, 4.69) is 10.4 Å². The molecule has 1 aromatic carbocycles. The van der Waals surface area contributed by atoms with Crippen molar-refractivity contribution in [1.29, 1.82) is 0 Å². The fourth-order valence-electron chi connectivity index (χ4n) is 2.25. The van der Waals surface area contributed by atoms with Crippen LogP contribution >= 0.6 is 0 Å². The number of nitrogens with one attached hydrogen (secondary N) is 1. The van der Waals surface area contributed by atoms with E-state index in [0.29, 0.717) is 12.4 Å². The first-order valence-electron chi connectivity index (χ1n) is 7.17. The molecule has 8 heteroatoms. The molecule has 0 aliphatic heterocycles. The Kier molecular flexibility index (Phi) is 4.11. The van der Waals surface area contributed by atoms with Crippen LogP contribution in [-0.2, 0) is 6.54 Å². The number of aromatic nitrogens is 2. The van der Waals surface area contributed by atoms with Gasteiger partial charge in [-0.15, -0.1) is 0 Å². The number of amides is 1. The number of nitro groups is 1. The molecule has 1 N–H and O–H groups in total. The van der Waals surface area contributed by atoms with Crippen LogP contribution in [0.4, 0.5) is 11.7 Å². The topological polar surface area (TPSA) is 103 Å². The van der Waals surface area contributed by atoms with Crippen molar-refractivity contribution in [3.8, 4) is 0 Å². The highest BCUT2D eigenvalue weighted by Gasteiger charge is 2.19. The lowest BCUT2D eigenvalue weighted by molar-refractivity contribution is -0.402. The van der Waals surface area contributed by atoms with E-state index >= 15 is 0 Å². The maximum atomic E-state index is 12.2. The Hall–Kier alpha value is -3.42. The lowest BCUT2D eigenvalue weighted by Gasteiger charge is -2.08. The molecule has 0 saturated heterocycles. The summed E-state index contributed by atoms with van der Waals surface area (Å²) >= 11 is 0.